The molecular formula is C14H24ClN3O2. The molecule has 0 aliphatic rings. The molecule has 1 atom stereocenters. The second kappa shape index (κ2) is 7.76. The quantitative estimate of drug-likeness (QED) is 0.722. The standard InChI is InChI=1S/C14H24ClN3O2/c1-5-6-11-17-12(15)10(2)13(18-11)16-9-14(3,19)7-8-20-4/h19H,5-9H2,1-4H3,(H,16,17,18). The van der Waals surface area contributed by atoms with Gasteiger partial charge in [-0.2, -0.15) is 0 Å². The van der Waals surface area contributed by atoms with E-state index in [1.807, 2.05) is 6.92 Å². The van der Waals surface area contributed by atoms with Gasteiger partial charge in [0.15, 0.2) is 0 Å². The molecule has 0 aliphatic heterocycles. The van der Waals surface area contributed by atoms with E-state index in [-0.39, 0.29) is 0 Å². The van der Waals surface area contributed by atoms with Gasteiger partial charge in [0.05, 0.1) is 5.60 Å². The molecule has 0 amide bonds. The van der Waals surface area contributed by atoms with E-state index in [9.17, 15) is 5.11 Å². The third-order valence-corrected chi connectivity index (χ3v) is 3.46. The first-order valence-corrected chi connectivity index (χ1v) is 7.25. The van der Waals surface area contributed by atoms with Crippen LogP contribution < -0.4 is 5.32 Å². The average molecular weight is 302 g/mol. The van der Waals surface area contributed by atoms with Gasteiger partial charge in [0.25, 0.3) is 0 Å². The second-order valence-electron chi connectivity index (χ2n) is 5.25. The summed E-state index contributed by atoms with van der Waals surface area (Å²) in [7, 11) is 1.62. The van der Waals surface area contributed by atoms with Gasteiger partial charge in [-0.15, -0.1) is 0 Å². The van der Waals surface area contributed by atoms with Crippen molar-refractivity contribution in [1.29, 1.82) is 0 Å². The number of hydrogen-bond donors (Lipinski definition) is 2. The Kier molecular flexibility index (Phi) is 6.65. The van der Waals surface area contributed by atoms with Crippen molar-refractivity contribution in [2.24, 2.45) is 0 Å². The summed E-state index contributed by atoms with van der Waals surface area (Å²) in [6.07, 6.45) is 2.30. The molecule has 1 heterocycles. The van der Waals surface area contributed by atoms with Crippen LogP contribution in [0.2, 0.25) is 5.15 Å². The van der Waals surface area contributed by atoms with Crippen LogP contribution in [0, 0.1) is 6.92 Å². The van der Waals surface area contributed by atoms with E-state index < -0.39 is 5.60 Å². The Bertz CT molecular complexity index is 439. The van der Waals surface area contributed by atoms with Crippen molar-refractivity contribution in [2.75, 3.05) is 25.6 Å². The van der Waals surface area contributed by atoms with E-state index in [1.165, 1.54) is 0 Å². The lowest BCUT2D eigenvalue weighted by molar-refractivity contribution is 0.0357. The van der Waals surface area contributed by atoms with Gasteiger partial charge in [-0.25, -0.2) is 9.97 Å². The number of hydrogen-bond acceptors (Lipinski definition) is 5. The molecule has 1 unspecified atom stereocenters. The number of ether oxygens (including phenoxy) is 1. The number of nitrogens with zero attached hydrogens (tertiary/aromatic N) is 2. The Morgan fingerprint density at radius 3 is 2.70 bits per heavy atom. The molecule has 0 saturated carbocycles. The van der Waals surface area contributed by atoms with Crippen LogP contribution in [0.1, 0.15) is 38.1 Å². The summed E-state index contributed by atoms with van der Waals surface area (Å²) in [6.45, 7) is 6.60. The van der Waals surface area contributed by atoms with Crippen molar-refractivity contribution < 1.29 is 9.84 Å². The first kappa shape index (κ1) is 17.1. The second-order valence-corrected chi connectivity index (χ2v) is 5.61. The van der Waals surface area contributed by atoms with Crippen molar-refractivity contribution in [2.45, 2.75) is 45.6 Å². The van der Waals surface area contributed by atoms with Crippen LogP contribution >= 0.6 is 11.6 Å². The largest absolute Gasteiger partial charge is 0.388 e. The summed E-state index contributed by atoms with van der Waals surface area (Å²) in [6, 6.07) is 0. The fraction of sp³-hybridized carbons (Fsp3) is 0.714. The number of rotatable bonds is 8. The first-order chi connectivity index (χ1) is 9.39. The van der Waals surface area contributed by atoms with Crippen LogP contribution in [0.25, 0.3) is 0 Å². The molecule has 0 fully saturated rings. The highest BCUT2D eigenvalue weighted by Gasteiger charge is 2.20. The lowest BCUT2D eigenvalue weighted by Crippen LogP contribution is -2.35. The fourth-order valence-electron chi connectivity index (χ4n) is 1.72. The topological polar surface area (TPSA) is 67.3 Å². The van der Waals surface area contributed by atoms with Gasteiger partial charge in [0, 0.05) is 38.7 Å². The third kappa shape index (κ3) is 5.23. The molecule has 0 aliphatic carbocycles. The minimum Gasteiger partial charge on any atom is -0.388 e. The van der Waals surface area contributed by atoms with Crippen molar-refractivity contribution in [3.63, 3.8) is 0 Å². The van der Waals surface area contributed by atoms with E-state index in [1.54, 1.807) is 14.0 Å². The van der Waals surface area contributed by atoms with Crippen molar-refractivity contribution in [3.8, 4) is 0 Å². The molecule has 2 N–H and O–H groups in total. The maximum atomic E-state index is 10.2. The highest BCUT2D eigenvalue weighted by atomic mass is 35.5. The summed E-state index contributed by atoms with van der Waals surface area (Å²) < 4.78 is 4.99. The monoisotopic (exact) mass is 301 g/mol. The minimum atomic E-state index is -0.856. The zero-order chi connectivity index (χ0) is 15.2. The average Bonchev–Trinajstić information content (AvgIpc) is 2.39. The Labute approximate surface area is 125 Å². The summed E-state index contributed by atoms with van der Waals surface area (Å²) in [5.41, 5.74) is -0.0563. The van der Waals surface area contributed by atoms with Crippen LogP contribution in [0.15, 0.2) is 0 Å². The third-order valence-electron chi connectivity index (χ3n) is 3.09. The number of halogens is 1. The molecule has 1 aromatic rings. The lowest BCUT2D eigenvalue weighted by atomic mass is 10.0. The smallest absolute Gasteiger partial charge is 0.137 e. The lowest BCUT2D eigenvalue weighted by Gasteiger charge is -2.24. The van der Waals surface area contributed by atoms with E-state index in [0.29, 0.717) is 30.5 Å². The van der Waals surface area contributed by atoms with E-state index in [0.717, 1.165) is 24.2 Å². The number of methoxy groups -OCH3 is 1. The molecule has 20 heavy (non-hydrogen) atoms. The number of aliphatic hydroxyl groups is 1. The number of aryl methyl sites for hydroxylation is 1. The van der Waals surface area contributed by atoms with E-state index >= 15 is 0 Å². The Morgan fingerprint density at radius 2 is 2.10 bits per heavy atom. The maximum Gasteiger partial charge on any atom is 0.137 e. The normalized spacial score (nSPS) is 14.1. The van der Waals surface area contributed by atoms with E-state index in [4.69, 9.17) is 16.3 Å². The molecule has 0 saturated heterocycles. The zero-order valence-electron chi connectivity index (χ0n) is 12.7. The van der Waals surface area contributed by atoms with Crippen LogP contribution in [-0.2, 0) is 11.2 Å². The minimum absolute atomic E-state index is 0.385. The van der Waals surface area contributed by atoms with Crippen molar-refractivity contribution in [1.82, 2.24) is 9.97 Å². The van der Waals surface area contributed by atoms with Gasteiger partial charge in [-0.1, -0.05) is 18.5 Å². The maximum absolute atomic E-state index is 10.2. The molecule has 0 radical (unpaired) electrons. The number of nitrogens with one attached hydrogen (secondary N) is 1. The number of anilines is 1. The SMILES string of the molecule is CCCc1nc(Cl)c(C)c(NCC(C)(O)CCOC)n1. The van der Waals surface area contributed by atoms with Gasteiger partial charge in [-0.05, 0) is 20.3 Å². The molecule has 0 aromatic carbocycles. The molecule has 1 aromatic heterocycles. The first-order valence-electron chi connectivity index (χ1n) is 6.88. The molecule has 6 heteroatoms. The summed E-state index contributed by atoms with van der Waals surface area (Å²) in [5, 5.41) is 13.8. The Balaban J connectivity index is 2.76. The van der Waals surface area contributed by atoms with Crippen molar-refractivity contribution >= 4 is 17.4 Å². The molecule has 0 bridgehead atoms. The predicted molar refractivity (Wildman–Crippen MR) is 81.4 cm³/mol. The molecular weight excluding hydrogens is 278 g/mol. The summed E-state index contributed by atoms with van der Waals surface area (Å²) >= 11 is 6.11. The molecule has 5 nitrogen and oxygen atoms in total. The van der Waals surface area contributed by atoms with Gasteiger partial charge in [-0.3, -0.25) is 0 Å². The highest BCUT2D eigenvalue weighted by molar-refractivity contribution is 6.30. The summed E-state index contributed by atoms with van der Waals surface area (Å²) in [5.74, 6) is 1.41. The van der Waals surface area contributed by atoms with Crippen molar-refractivity contribution in [3.05, 3.63) is 16.5 Å². The summed E-state index contributed by atoms with van der Waals surface area (Å²) in [4.78, 5) is 8.71. The zero-order valence-corrected chi connectivity index (χ0v) is 13.4. The van der Waals surface area contributed by atoms with Crippen LogP contribution in [-0.4, -0.2) is 40.9 Å². The van der Waals surface area contributed by atoms with Gasteiger partial charge >= 0.3 is 0 Å². The van der Waals surface area contributed by atoms with E-state index in [2.05, 4.69) is 22.2 Å². The van der Waals surface area contributed by atoms with Gasteiger partial charge < -0.3 is 15.2 Å². The van der Waals surface area contributed by atoms with Gasteiger partial charge in [0.2, 0.25) is 0 Å². The molecule has 114 valence electrons. The van der Waals surface area contributed by atoms with Crippen LogP contribution in [0.4, 0.5) is 5.82 Å². The Hall–Kier alpha value is -0.910. The Morgan fingerprint density at radius 1 is 1.40 bits per heavy atom. The van der Waals surface area contributed by atoms with Gasteiger partial charge in [0.1, 0.15) is 16.8 Å². The number of aromatic nitrogens is 2. The predicted octanol–water partition coefficient (Wildman–Crippen LogP) is 2.59. The van der Waals surface area contributed by atoms with Crippen LogP contribution in [0.5, 0.6) is 0 Å². The highest BCUT2D eigenvalue weighted by Crippen LogP contribution is 2.21. The molecule has 1 rings (SSSR count). The molecule has 0 spiro atoms. The van der Waals surface area contributed by atoms with Crippen LogP contribution in [0.3, 0.4) is 0 Å². The fourth-order valence-corrected chi connectivity index (χ4v) is 1.91.